The predicted octanol–water partition coefficient (Wildman–Crippen LogP) is 1.57. The van der Waals surface area contributed by atoms with E-state index in [0.717, 1.165) is 17.3 Å². The second-order valence-corrected chi connectivity index (χ2v) is 4.42. The van der Waals surface area contributed by atoms with Crippen LogP contribution >= 0.6 is 11.8 Å². The van der Waals surface area contributed by atoms with Crippen LogP contribution in [0.5, 0.6) is 5.75 Å². The van der Waals surface area contributed by atoms with Crippen molar-refractivity contribution in [3.8, 4) is 5.75 Å². The Hall–Kier alpha value is -1.69. The highest BCUT2D eigenvalue weighted by Gasteiger charge is 2.08. The van der Waals surface area contributed by atoms with Crippen molar-refractivity contribution < 1.29 is 9.53 Å². The number of carbonyl (C=O) groups is 1. The lowest BCUT2D eigenvalue weighted by Gasteiger charge is -2.10. The first-order valence-corrected chi connectivity index (χ1v) is 5.93. The predicted molar refractivity (Wildman–Crippen MR) is 70.7 cm³/mol. The van der Waals surface area contributed by atoms with Gasteiger partial charge in [-0.2, -0.15) is 0 Å². The van der Waals surface area contributed by atoms with E-state index in [-0.39, 0.29) is 16.8 Å². The molecular formula is C11H15N3O2S. The van der Waals surface area contributed by atoms with Gasteiger partial charge in [-0.25, -0.2) is 0 Å². The summed E-state index contributed by atoms with van der Waals surface area (Å²) in [4.78, 5) is 11.6. The topological polar surface area (TPSA) is 88.2 Å². The Morgan fingerprint density at radius 2 is 2.29 bits per heavy atom. The van der Waals surface area contributed by atoms with E-state index in [1.54, 1.807) is 13.2 Å². The summed E-state index contributed by atoms with van der Waals surface area (Å²) >= 11 is 0.985. The number of ether oxygens (including phenoxy) is 1. The van der Waals surface area contributed by atoms with Gasteiger partial charge in [0.2, 0.25) is 5.91 Å². The highest BCUT2D eigenvalue weighted by atomic mass is 32.2. The number of amidine groups is 1. The third kappa shape index (κ3) is 4.36. The maximum atomic E-state index is 11.6. The molecule has 0 spiro atoms. The second kappa shape index (κ2) is 6.15. The number of thioether (sulfide) groups is 1. The zero-order valence-corrected chi connectivity index (χ0v) is 10.6. The monoisotopic (exact) mass is 253 g/mol. The molecule has 1 rings (SSSR count). The lowest BCUT2D eigenvalue weighted by Crippen LogP contribution is -2.17. The van der Waals surface area contributed by atoms with Gasteiger partial charge < -0.3 is 15.8 Å². The zero-order valence-electron chi connectivity index (χ0n) is 9.74. The maximum absolute atomic E-state index is 11.6. The molecule has 1 amide bonds. The maximum Gasteiger partial charge on any atom is 0.234 e. The number of aryl methyl sites for hydroxylation is 1. The van der Waals surface area contributed by atoms with Crippen molar-refractivity contribution in [2.45, 2.75) is 6.92 Å². The summed E-state index contributed by atoms with van der Waals surface area (Å²) in [6.07, 6.45) is 0. The molecule has 0 atom stereocenters. The molecule has 4 N–H and O–H groups in total. The van der Waals surface area contributed by atoms with Gasteiger partial charge in [0.15, 0.2) is 5.17 Å². The van der Waals surface area contributed by atoms with Gasteiger partial charge >= 0.3 is 0 Å². The molecule has 0 aliphatic rings. The third-order valence-electron chi connectivity index (χ3n) is 1.99. The summed E-state index contributed by atoms with van der Waals surface area (Å²) in [6, 6.07) is 5.52. The van der Waals surface area contributed by atoms with E-state index in [0.29, 0.717) is 11.4 Å². The molecule has 0 unspecified atom stereocenters. The average molecular weight is 253 g/mol. The fourth-order valence-electron chi connectivity index (χ4n) is 1.25. The van der Waals surface area contributed by atoms with Crippen LogP contribution in [0, 0.1) is 12.3 Å². The van der Waals surface area contributed by atoms with Gasteiger partial charge in [-0.15, -0.1) is 0 Å². The highest BCUT2D eigenvalue weighted by Crippen LogP contribution is 2.25. The Bertz CT molecular complexity index is 435. The number of nitrogens with one attached hydrogen (secondary N) is 2. The van der Waals surface area contributed by atoms with Crippen LogP contribution in [0.2, 0.25) is 0 Å². The minimum Gasteiger partial charge on any atom is -0.495 e. The number of hydrogen-bond donors (Lipinski definition) is 3. The average Bonchev–Trinajstić information content (AvgIpc) is 2.27. The first-order valence-electron chi connectivity index (χ1n) is 4.94. The van der Waals surface area contributed by atoms with Gasteiger partial charge in [0.25, 0.3) is 0 Å². The number of hydrogen-bond acceptors (Lipinski definition) is 4. The van der Waals surface area contributed by atoms with Gasteiger partial charge in [0, 0.05) is 0 Å². The Kier molecular flexibility index (Phi) is 4.84. The van der Waals surface area contributed by atoms with E-state index in [2.05, 4.69) is 5.32 Å². The quantitative estimate of drug-likeness (QED) is 0.561. The van der Waals surface area contributed by atoms with Crippen molar-refractivity contribution in [1.82, 2.24) is 0 Å². The molecule has 0 saturated heterocycles. The Labute approximate surface area is 104 Å². The SMILES string of the molecule is COc1ccc(C)cc1NC(=O)CSC(=N)N. The van der Waals surface area contributed by atoms with E-state index in [1.807, 2.05) is 19.1 Å². The molecule has 0 heterocycles. The summed E-state index contributed by atoms with van der Waals surface area (Å²) in [5.74, 6) is 0.512. The molecule has 1 aromatic carbocycles. The standard InChI is InChI=1S/C11H15N3O2S/c1-7-3-4-9(16-2)8(5-7)14-10(15)6-17-11(12)13/h3-5H,6H2,1-2H3,(H3,12,13)(H,14,15). The van der Waals surface area contributed by atoms with E-state index < -0.39 is 0 Å². The summed E-state index contributed by atoms with van der Waals surface area (Å²) in [7, 11) is 1.55. The molecule has 0 saturated carbocycles. The lowest BCUT2D eigenvalue weighted by molar-refractivity contribution is -0.113. The van der Waals surface area contributed by atoms with Gasteiger partial charge in [-0.3, -0.25) is 10.2 Å². The number of carbonyl (C=O) groups excluding carboxylic acids is 1. The molecule has 92 valence electrons. The molecular weight excluding hydrogens is 238 g/mol. The van der Waals surface area contributed by atoms with E-state index in [9.17, 15) is 4.79 Å². The number of benzene rings is 1. The molecule has 6 heteroatoms. The van der Waals surface area contributed by atoms with Crippen LogP contribution in [0.25, 0.3) is 0 Å². The van der Waals surface area contributed by atoms with Crippen molar-refractivity contribution >= 4 is 28.5 Å². The van der Waals surface area contributed by atoms with Crippen LogP contribution in [0.4, 0.5) is 5.69 Å². The number of amides is 1. The van der Waals surface area contributed by atoms with E-state index >= 15 is 0 Å². The van der Waals surface area contributed by atoms with Gasteiger partial charge in [-0.1, -0.05) is 17.8 Å². The first kappa shape index (κ1) is 13.4. The third-order valence-corrected chi connectivity index (χ3v) is 2.71. The van der Waals surface area contributed by atoms with Crippen LogP contribution in [-0.4, -0.2) is 23.9 Å². The normalized spacial score (nSPS) is 9.76. The molecule has 0 aromatic heterocycles. The summed E-state index contributed by atoms with van der Waals surface area (Å²) < 4.78 is 5.14. The number of nitrogens with two attached hydrogens (primary N) is 1. The Morgan fingerprint density at radius 1 is 1.59 bits per heavy atom. The second-order valence-electron chi connectivity index (χ2n) is 3.40. The van der Waals surface area contributed by atoms with Crippen LogP contribution in [0.3, 0.4) is 0 Å². The van der Waals surface area contributed by atoms with Crippen molar-refractivity contribution in [2.24, 2.45) is 5.73 Å². The number of methoxy groups -OCH3 is 1. The van der Waals surface area contributed by atoms with Gasteiger partial charge in [0.1, 0.15) is 5.75 Å². The van der Waals surface area contributed by atoms with Crippen molar-refractivity contribution in [2.75, 3.05) is 18.2 Å². The summed E-state index contributed by atoms with van der Waals surface area (Å²) in [5, 5.41) is 9.66. The van der Waals surface area contributed by atoms with Crippen molar-refractivity contribution in [1.29, 1.82) is 5.41 Å². The summed E-state index contributed by atoms with van der Waals surface area (Å²) in [5.41, 5.74) is 6.81. The smallest absolute Gasteiger partial charge is 0.234 e. The molecule has 0 aliphatic carbocycles. The molecule has 0 radical (unpaired) electrons. The van der Waals surface area contributed by atoms with E-state index in [4.69, 9.17) is 15.9 Å². The molecule has 0 bridgehead atoms. The molecule has 17 heavy (non-hydrogen) atoms. The number of rotatable bonds is 4. The summed E-state index contributed by atoms with van der Waals surface area (Å²) in [6.45, 7) is 1.93. The fourth-order valence-corrected chi connectivity index (χ4v) is 1.61. The fraction of sp³-hybridized carbons (Fsp3) is 0.273. The van der Waals surface area contributed by atoms with Gasteiger partial charge in [-0.05, 0) is 24.6 Å². The van der Waals surface area contributed by atoms with Crippen molar-refractivity contribution in [3.05, 3.63) is 23.8 Å². The lowest BCUT2D eigenvalue weighted by atomic mass is 10.2. The highest BCUT2D eigenvalue weighted by molar-refractivity contribution is 8.14. The largest absolute Gasteiger partial charge is 0.495 e. The van der Waals surface area contributed by atoms with Crippen molar-refractivity contribution in [3.63, 3.8) is 0 Å². The van der Waals surface area contributed by atoms with Crippen LogP contribution in [0.1, 0.15) is 5.56 Å². The molecule has 0 fully saturated rings. The Balaban J connectivity index is 2.69. The zero-order chi connectivity index (χ0) is 12.8. The minimum atomic E-state index is -0.214. The first-order chi connectivity index (χ1) is 8.02. The molecule has 5 nitrogen and oxygen atoms in total. The van der Waals surface area contributed by atoms with E-state index in [1.165, 1.54) is 0 Å². The van der Waals surface area contributed by atoms with Crippen LogP contribution < -0.4 is 15.8 Å². The van der Waals surface area contributed by atoms with Crippen LogP contribution in [-0.2, 0) is 4.79 Å². The molecule has 0 aliphatic heterocycles. The Morgan fingerprint density at radius 3 is 2.88 bits per heavy atom. The minimum absolute atomic E-state index is 0.0728. The molecule has 1 aromatic rings. The number of anilines is 1. The van der Waals surface area contributed by atoms with Gasteiger partial charge in [0.05, 0.1) is 18.6 Å². The van der Waals surface area contributed by atoms with Crippen LogP contribution in [0.15, 0.2) is 18.2 Å².